The van der Waals surface area contributed by atoms with Gasteiger partial charge in [-0.25, -0.2) is 0 Å². The van der Waals surface area contributed by atoms with E-state index in [0.29, 0.717) is 34.2 Å². The normalized spacial score (nSPS) is 9.80. The second-order valence-corrected chi connectivity index (χ2v) is 3.74. The van der Waals surface area contributed by atoms with Gasteiger partial charge >= 0.3 is 0 Å². The average molecular weight is 271 g/mol. The highest BCUT2D eigenvalue weighted by molar-refractivity contribution is 9.10. The van der Waals surface area contributed by atoms with Gasteiger partial charge in [0.15, 0.2) is 12.1 Å². The summed E-state index contributed by atoms with van der Waals surface area (Å²) in [5.41, 5.74) is 0.744. The van der Waals surface area contributed by atoms with E-state index >= 15 is 0 Å². The van der Waals surface area contributed by atoms with Gasteiger partial charge in [0.05, 0.1) is 11.1 Å². The number of halogens is 1. The van der Waals surface area contributed by atoms with Crippen molar-refractivity contribution < 1.29 is 14.3 Å². The number of ether oxygens (including phenoxy) is 1. The Morgan fingerprint density at radius 3 is 2.67 bits per heavy atom. The second-order valence-electron chi connectivity index (χ2n) is 2.95. The van der Waals surface area contributed by atoms with Crippen LogP contribution < -0.4 is 4.74 Å². The summed E-state index contributed by atoms with van der Waals surface area (Å²) in [6.45, 7) is 3.79. The molecule has 0 saturated heterocycles. The molecule has 0 aliphatic rings. The van der Waals surface area contributed by atoms with Crippen molar-refractivity contribution in [2.24, 2.45) is 0 Å². The first kappa shape index (κ1) is 11.9. The lowest BCUT2D eigenvalue weighted by Gasteiger charge is -2.09. The Kier molecular flexibility index (Phi) is 4.03. The Bertz CT molecular complexity index is 399. The van der Waals surface area contributed by atoms with Gasteiger partial charge in [-0.15, -0.1) is 0 Å². The maximum absolute atomic E-state index is 11.2. The number of carbonyl (C=O) groups is 2. The fourth-order valence-electron chi connectivity index (χ4n) is 1.26. The van der Waals surface area contributed by atoms with Gasteiger partial charge in [0.2, 0.25) is 0 Å². The van der Waals surface area contributed by atoms with E-state index in [-0.39, 0.29) is 5.78 Å². The van der Waals surface area contributed by atoms with Crippen molar-refractivity contribution in [3.05, 3.63) is 27.7 Å². The molecule has 0 unspecified atom stereocenters. The van der Waals surface area contributed by atoms with Crippen LogP contribution in [-0.2, 0) is 0 Å². The lowest BCUT2D eigenvalue weighted by atomic mass is 10.1. The summed E-state index contributed by atoms with van der Waals surface area (Å²) in [6.07, 6.45) is 0.656. The van der Waals surface area contributed by atoms with E-state index in [9.17, 15) is 9.59 Å². The van der Waals surface area contributed by atoms with Crippen LogP contribution in [0, 0.1) is 0 Å². The van der Waals surface area contributed by atoms with Crippen molar-refractivity contribution >= 4 is 28.0 Å². The van der Waals surface area contributed by atoms with Gasteiger partial charge in [-0.3, -0.25) is 9.59 Å². The third-order valence-corrected chi connectivity index (χ3v) is 2.76. The number of rotatable bonds is 4. The molecule has 3 nitrogen and oxygen atoms in total. The first-order valence-corrected chi connectivity index (χ1v) is 5.32. The van der Waals surface area contributed by atoms with Crippen LogP contribution in [0.4, 0.5) is 0 Å². The first-order chi connectivity index (χ1) is 7.11. The smallest absolute Gasteiger partial charge is 0.160 e. The summed E-state index contributed by atoms with van der Waals surface area (Å²) in [7, 11) is 0. The number of benzene rings is 1. The Morgan fingerprint density at radius 2 is 2.20 bits per heavy atom. The summed E-state index contributed by atoms with van der Waals surface area (Å²) in [5.74, 6) is 0.436. The molecule has 0 atom stereocenters. The van der Waals surface area contributed by atoms with E-state index in [0.717, 1.165) is 0 Å². The highest BCUT2D eigenvalue weighted by atomic mass is 79.9. The molecule has 0 radical (unpaired) electrons. The molecular formula is C11H11BrO3. The molecule has 0 fully saturated rings. The van der Waals surface area contributed by atoms with E-state index in [1.165, 1.54) is 6.92 Å². The lowest BCUT2D eigenvalue weighted by molar-refractivity contribution is 0.100. The molecule has 1 aromatic carbocycles. The van der Waals surface area contributed by atoms with Crippen molar-refractivity contribution in [1.29, 1.82) is 0 Å². The van der Waals surface area contributed by atoms with E-state index in [1.807, 2.05) is 6.92 Å². The fourth-order valence-corrected chi connectivity index (χ4v) is 1.82. The number of aldehydes is 1. The Morgan fingerprint density at radius 1 is 1.53 bits per heavy atom. The van der Waals surface area contributed by atoms with Crippen LogP contribution in [0.2, 0.25) is 0 Å². The standard InChI is InChI=1S/C11H11BrO3/c1-3-15-10-5-4-8(7(2)14)9(6-13)11(10)12/h4-6H,3H2,1-2H3. The molecule has 0 aliphatic carbocycles. The zero-order valence-corrected chi connectivity index (χ0v) is 10.1. The summed E-state index contributed by atoms with van der Waals surface area (Å²) < 4.78 is 5.83. The van der Waals surface area contributed by atoms with Crippen molar-refractivity contribution in [2.75, 3.05) is 6.61 Å². The number of Topliss-reactive ketones (excluding diaryl/α,β-unsaturated/α-hetero) is 1. The monoisotopic (exact) mass is 270 g/mol. The third kappa shape index (κ3) is 2.45. The zero-order chi connectivity index (χ0) is 11.4. The van der Waals surface area contributed by atoms with Gasteiger partial charge in [0.1, 0.15) is 5.75 Å². The van der Waals surface area contributed by atoms with Crippen molar-refractivity contribution in [3.63, 3.8) is 0 Å². The molecule has 15 heavy (non-hydrogen) atoms. The van der Waals surface area contributed by atoms with Crippen LogP contribution >= 0.6 is 15.9 Å². The van der Waals surface area contributed by atoms with Crippen LogP contribution in [0.25, 0.3) is 0 Å². The first-order valence-electron chi connectivity index (χ1n) is 4.53. The Balaban J connectivity index is 3.32. The average Bonchev–Trinajstić information content (AvgIpc) is 2.20. The molecule has 1 aromatic rings. The van der Waals surface area contributed by atoms with E-state index in [2.05, 4.69) is 15.9 Å². The van der Waals surface area contributed by atoms with Crippen LogP contribution in [0.5, 0.6) is 5.75 Å². The number of hydrogen-bond donors (Lipinski definition) is 0. The fraction of sp³-hybridized carbons (Fsp3) is 0.273. The summed E-state index contributed by atoms with van der Waals surface area (Å²) >= 11 is 3.25. The zero-order valence-electron chi connectivity index (χ0n) is 8.54. The van der Waals surface area contributed by atoms with Crippen LogP contribution in [0.1, 0.15) is 34.6 Å². The van der Waals surface area contributed by atoms with Crippen molar-refractivity contribution in [2.45, 2.75) is 13.8 Å². The third-order valence-electron chi connectivity index (χ3n) is 1.94. The van der Waals surface area contributed by atoms with Gasteiger partial charge in [0.25, 0.3) is 0 Å². The molecule has 0 aromatic heterocycles. The van der Waals surface area contributed by atoms with Crippen LogP contribution in [0.3, 0.4) is 0 Å². The van der Waals surface area contributed by atoms with Crippen LogP contribution in [0.15, 0.2) is 16.6 Å². The van der Waals surface area contributed by atoms with E-state index in [1.54, 1.807) is 12.1 Å². The number of carbonyl (C=O) groups excluding carboxylic acids is 2. The van der Waals surface area contributed by atoms with Gasteiger partial charge in [-0.1, -0.05) is 0 Å². The van der Waals surface area contributed by atoms with Gasteiger partial charge in [0, 0.05) is 11.1 Å². The minimum atomic E-state index is -0.138. The second kappa shape index (κ2) is 5.07. The highest BCUT2D eigenvalue weighted by Crippen LogP contribution is 2.30. The minimum Gasteiger partial charge on any atom is -0.493 e. The lowest BCUT2D eigenvalue weighted by Crippen LogP contribution is -2.02. The number of hydrogen-bond acceptors (Lipinski definition) is 3. The summed E-state index contributed by atoms with van der Waals surface area (Å²) in [5, 5.41) is 0. The van der Waals surface area contributed by atoms with Crippen molar-refractivity contribution in [3.8, 4) is 5.75 Å². The van der Waals surface area contributed by atoms with E-state index < -0.39 is 0 Å². The summed E-state index contributed by atoms with van der Waals surface area (Å²) in [4.78, 5) is 22.1. The molecule has 0 aliphatic heterocycles. The molecule has 0 heterocycles. The van der Waals surface area contributed by atoms with Gasteiger partial charge < -0.3 is 4.74 Å². The molecule has 0 bridgehead atoms. The quantitative estimate of drug-likeness (QED) is 0.624. The Hall–Kier alpha value is -1.16. The SMILES string of the molecule is CCOc1ccc(C(C)=O)c(C=O)c1Br. The van der Waals surface area contributed by atoms with E-state index in [4.69, 9.17) is 4.74 Å². The van der Waals surface area contributed by atoms with Gasteiger partial charge in [-0.05, 0) is 41.9 Å². The maximum atomic E-state index is 11.2. The van der Waals surface area contributed by atoms with Crippen LogP contribution in [-0.4, -0.2) is 18.7 Å². The predicted molar refractivity (Wildman–Crippen MR) is 60.7 cm³/mol. The highest BCUT2D eigenvalue weighted by Gasteiger charge is 2.14. The van der Waals surface area contributed by atoms with Gasteiger partial charge in [-0.2, -0.15) is 0 Å². The largest absolute Gasteiger partial charge is 0.493 e. The topological polar surface area (TPSA) is 43.4 Å². The molecule has 0 saturated carbocycles. The molecule has 80 valence electrons. The molecular weight excluding hydrogens is 260 g/mol. The molecule has 0 N–H and O–H groups in total. The molecule has 0 spiro atoms. The Labute approximate surface area is 96.6 Å². The van der Waals surface area contributed by atoms with Crippen molar-refractivity contribution in [1.82, 2.24) is 0 Å². The predicted octanol–water partition coefficient (Wildman–Crippen LogP) is 2.86. The minimum absolute atomic E-state index is 0.138. The summed E-state index contributed by atoms with van der Waals surface area (Å²) in [6, 6.07) is 3.28. The molecule has 0 amide bonds. The molecule has 1 rings (SSSR count). The molecule has 4 heteroatoms. The number of ketones is 1. The maximum Gasteiger partial charge on any atom is 0.160 e.